The first-order valence-electron chi connectivity index (χ1n) is 5.84. The van der Waals surface area contributed by atoms with Gasteiger partial charge in [-0.1, -0.05) is 0 Å². The van der Waals surface area contributed by atoms with Gasteiger partial charge in [-0.05, 0) is 12.1 Å². The zero-order valence-electron chi connectivity index (χ0n) is 11.0. The number of carbonyl (C=O) groups excluding carboxylic acids is 2. The quantitative estimate of drug-likeness (QED) is 0.516. The molecule has 9 nitrogen and oxygen atoms in total. The van der Waals surface area contributed by atoms with E-state index in [4.69, 9.17) is 5.11 Å². The fraction of sp³-hybridized carbons (Fsp3) is 0.250. The Hall–Kier alpha value is -2.97. The number of benzene rings is 1. The normalized spacial score (nSPS) is 11.3. The van der Waals surface area contributed by atoms with Gasteiger partial charge in [-0.15, -0.1) is 0 Å². The molecule has 9 heteroatoms. The van der Waals surface area contributed by atoms with Gasteiger partial charge in [-0.2, -0.15) is 0 Å². The lowest BCUT2D eigenvalue weighted by Crippen LogP contribution is -2.44. The van der Waals surface area contributed by atoms with Crippen LogP contribution in [-0.4, -0.2) is 33.9 Å². The van der Waals surface area contributed by atoms with Gasteiger partial charge >= 0.3 is 5.97 Å². The maximum Gasteiger partial charge on any atom is 0.305 e. The molecular formula is C12H13N3O6. The molecule has 0 saturated carbocycles. The Kier molecular flexibility index (Phi) is 5.35. The summed E-state index contributed by atoms with van der Waals surface area (Å²) in [6.07, 6.45) is -0.571. The molecule has 0 unspecified atom stereocenters. The summed E-state index contributed by atoms with van der Waals surface area (Å²) in [6.45, 7) is 1.16. The zero-order valence-corrected chi connectivity index (χ0v) is 11.0. The first kappa shape index (κ1) is 16.1. The van der Waals surface area contributed by atoms with Crippen molar-refractivity contribution < 1.29 is 24.4 Å². The van der Waals surface area contributed by atoms with E-state index in [0.717, 1.165) is 6.92 Å². The van der Waals surface area contributed by atoms with E-state index in [1.165, 1.54) is 24.3 Å². The van der Waals surface area contributed by atoms with E-state index < -0.39 is 35.2 Å². The van der Waals surface area contributed by atoms with Gasteiger partial charge in [0.15, 0.2) is 0 Å². The Bertz CT molecular complexity index is 553. The minimum absolute atomic E-state index is 0.142. The van der Waals surface area contributed by atoms with Crippen LogP contribution in [0.15, 0.2) is 24.3 Å². The van der Waals surface area contributed by atoms with E-state index in [0.29, 0.717) is 0 Å². The molecule has 0 radical (unpaired) electrons. The second kappa shape index (κ2) is 6.98. The average Bonchev–Trinajstić information content (AvgIpc) is 2.37. The molecule has 0 aliphatic heterocycles. The molecular weight excluding hydrogens is 282 g/mol. The fourth-order valence-electron chi connectivity index (χ4n) is 1.53. The van der Waals surface area contributed by atoms with Crippen LogP contribution in [0.1, 0.15) is 13.3 Å². The number of carbonyl (C=O) groups is 3. The number of hydrogen-bond donors (Lipinski definition) is 3. The molecule has 0 aliphatic carbocycles. The zero-order chi connectivity index (χ0) is 16.0. The standard InChI is InChI=1S/C12H13N3O6/c1-7(16)13-10(6-11(17)18)12(19)14-8-2-4-9(5-3-8)15(20)21/h2-5,10H,6H2,1H3,(H,13,16)(H,14,19)(H,17,18)/t10-/m1/s1. The number of carboxylic acids is 1. The van der Waals surface area contributed by atoms with Crippen molar-refractivity contribution in [1.29, 1.82) is 0 Å². The SMILES string of the molecule is CC(=O)N[C@H](CC(=O)O)C(=O)Nc1ccc([N+](=O)[O-])cc1. The van der Waals surface area contributed by atoms with Gasteiger partial charge in [-0.25, -0.2) is 0 Å². The van der Waals surface area contributed by atoms with Crippen LogP contribution in [-0.2, 0) is 14.4 Å². The highest BCUT2D eigenvalue weighted by atomic mass is 16.6. The number of hydrogen-bond acceptors (Lipinski definition) is 5. The molecule has 0 heterocycles. The number of anilines is 1. The van der Waals surface area contributed by atoms with Crippen LogP contribution >= 0.6 is 0 Å². The summed E-state index contributed by atoms with van der Waals surface area (Å²) in [6, 6.07) is 3.78. The second-order valence-electron chi connectivity index (χ2n) is 4.14. The predicted octanol–water partition coefficient (Wildman–Crippen LogP) is 0.513. The molecule has 1 aromatic carbocycles. The van der Waals surface area contributed by atoms with Gasteiger partial charge in [0.1, 0.15) is 6.04 Å². The Labute approximate surface area is 119 Å². The van der Waals surface area contributed by atoms with Crippen LogP contribution < -0.4 is 10.6 Å². The third-order valence-corrected chi connectivity index (χ3v) is 2.42. The Morgan fingerprint density at radius 3 is 2.29 bits per heavy atom. The molecule has 1 rings (SSSR count). The maximum absolute atomic E-state index is 11.9. The molecule has 0 fully saturated rings. The average molecular weight is 295 g/mol. The molecule has 1 aromatic rings. The van der Waals surface area contributed by atoms with Gasteiger partial charge in [0.25, 0.3) is 5.69 Å². The molecule has 2 amide bonds. The van der Waals surface area contributed by atoms with Crippen molar-refractivity contribution in [1.82, 2.24) is 5.32 Å². The molecule has 0 bridgehead atoms. The van der Waals surface area contributed by atoms with E-state index in [2.05, 4.69) is 10.6 Å². The monoisotopic (exact) mass is 295 g/mol. The molecule has 21 heavy (non-hydrogen) atoms. The number of nitrogens with zero attached hydrogens (tertiary/aromatic N) is 1. The molecule has 0 aliphatic rings. The third kappa shape index (κ3) is 5.27. The van der Waals surface area contributed by atoms with Gasteiger partial charge in [-0.3, -0.25) is 24.5 Å². The predicted molar refractivity (Wildman–Crippen MR) is 71.6 cm³/mol. The highest BCUT2D eigenvalue weighted by Crippen LogP contribution is 2.15. The number of nitro groups is 1. The van der Waals surface area contributed by atoms with Gasteiger partial charge in [0.05, 0.1) is 11.3 Å². The van der Waals surface area contributed by atoms with E-state index in [9.17, 15) is 24.5 Å². The molecule has 0 spiro atoms. The van der Waals surface area contributed by atoms with Crippen LogP contribution in [0.5, 0.6) is 0 Å². The number of amides is 2. The van der Waals surface area contributed by atoms with Crippen molar-refractivity contribution >= 4 is 29.2 Å². The van der Waals surface area contributed by atoms with Crippen molar-refractivity contribution in [2.45, 2.75) is 19.4 Å². The van der Waals surface area contributed by atoms with Gasteiger partial charge in [0.2, 0.25) is 11.8 Å². The number of rotatable bonds is 6. The first-order chi connectivity index (χ1) is 9.79. The Morgan fingerprint density at radius 1 is 1.29 bits per heavy atom. The summed E-state index contributed by atoms with van der Waals surface area (Å²) >= 11 is 0. The lowest BCUT2D eigenvalue weighted by atomic mass is 10.2. The fourth-order valence-corrected chi connectivity index (χ4v) is 1.53. The van der Waals surface area contributed by atoms with Crippen LogP contribution in [0.4, 0.5) is 11.4 Å². The number of carboxylic acid groups (broad SMARTS) is 1. The van der Waals surface area contributed by atoms with Crippen LogP contribution in [0.25, 0.3) is 0 Å². The lowest BCUT2D eigenvalue weighted by molar-refractivity contribution is -0.384. The topological polar surface area (TPSA) is 139 Å². The first-order valence-corrected chi connectivity index (χ1v) is 5.84. The summed E-state index contributed by atoms with van der Waals surface area (Å²) in [7, 11) is 0. The molecule has 1 atom stereocenters. The number of non-ortho nitro benzene ring substituents is 1. The van der Waals surface area contributed by atoms with Crippen molar-refractivity contribution in [2.24, 2.45) is 0 Å². The third-order valence-electron chi connectivity index (χ3n) is 2.42. The van der Waals surface area contributed by atoms with Crippen molar-refractivity contribution in [3.05, 3.63) is 34.4 Å². The van der Waals surface area contributed by atoms with E-state index in [1.54, 1.807) is 0 Å². The van der Waals surface area contributed by atoms with Crippen molar-refractivity contribution in [3.63, 3.8) is 0 Å². The maximum atomic E-state index is 11.9. The van der Waals surface area contributed by atoms with Gasteiger partial charge in [0, 0.05) is 24.7 Å². The lowest BCUT2D eigenvalue weighted by Gasteiger charge is -2.15. The largest absolute Gasteiger partial charge is 0.481 e. The molecule has 112 valence electrons. The van der Waals surface area contributed by atoms with E-state index >= 15 is 0 Å². The minimum Gasteiger partial charge on any atom is -0.481 e. The summed E-state index contributed by atoms with van der Waals surface area (Å²) in [5, 5.41) is 23.8. The van der Waals surface area contributed by atoms with Crippen LogP contribution in [0, 0.1) is 10.1 Å². The summed E-state index contributed by atoms with van der Waals surface area (Å²) in [4.78, 5) is 43.4. The number of nitrogens with one attached hydrogen (secondary N) is 2. The Balaban J connectivity index is 2.77. The van der Waals surface area contributed by atoms with Crippen LogP contribution in [0.3, 0.4) is 0 Å². The highest BCUT2D eigenvalue weighted by Gasteiger charge is 2.22. The van der Waals surface area contributed by atoms with Crippen molar-refractivity contribution in [3.8, 4) is 0 Å². The number of aliphatic carboxylic acids is 1. The van der Waals surface area contributed by atoms with Crippen molar-refractivity contribution in [2.75, 3.05) is 5.32 Å². The van der Waals surface area contributed by atoms with Gasteiger partial charge < -0.3 is 15.7 Å². The second-order valence-corrected chi connectivity index (χ2v) is 4.14. The van der Waals surface area contributed by atoms with E-state index in [-0.39, 0.29) is 11.4 Å². The summed E-state index contributed by atoms with van der Waals surface area (Å²) in [5.41, 5.74) is 0.114. The van der Waals surface area contributed by atoms with Crippen LogP contribution in [0.2, 0.25) is 0 Å². The molecule has 0 aromatic heterocycles. The summed E-state index contributed by atoms with van der Waals surface area (Å²) < 4.78 is 0. The van der Waals surface area contributed by atoms with E-state index in [1.807, 2.05) is 0 Å². The molecule has 0 saturated heterocycles. The minimum atomic E-state index is -1.24. The molecule has 3 N–H and O–H groups in total. The number of nitro benzene ring substituents is 1. The highest BCUT2D eigenvalue weighted by molar-refractivity contribution is 5.98. The smallest absolute Gasteiger partial charge is 0.305 e. The summed E-state index contributed by atoms with van der Waals surface area (Å²) in [5.74, 6) is -2.51. The Morgan fingerprint density at radius 2 is 1.86 bits per heavy atom.